The van der Waals surface area contributed by atoms with Crippen LogP contribution in [0, 0.1) is 0 Å². The fourth-order valence-corrected chi connectivity index (χ4v) is 3.98. The molecule has 0 bridgehead atoms. The molecule has 1 aromatic carbocycles. The van der Waals surface area contributed by atoms with E-state index in [0.717, 1.165) is 32.1 Å². The number of para-hydroxylation sites is 2. The zero-order chi connectivity index (χ0) is 23.3. The van der Waals surface area contributed by atoms with Crippen LogP contribution in [0.5, 0.6) is 5.75 Å². The lowest BCUT2D eigenvalue weighted by molar-refractivity contribution is -0.873. The Balaban J connectivity index is 2.14. The maximum atomic E-state index is 12.1. The number of benzene rings is 1. The van der Waals surface area contributed by atoms with Crippen molar-refractivity contribution in [1.82, 2.24) is 0 Å². The minimum absolute atomic E-state index is 0.0916. The summed E-state index contributed by atoms with van der Waals surface area (Å²) >= 11 is 0. The minimum atomic E-state index is -4.29. The highest BCUT2D eigenvalue weighted by atomic mass is 31.2. The van der Waals surface area contributed by atoms with Crippen molar-refractivity contribution in [2.24, 2.45) is 0 Å². The fraction of sp³-hybridized carbons (Fsp3) is 0.667. The lowest BCUT2D eigenvalue weighted by Gasteiger charge is -2.29. The van der Waals surface area contributed by atoms with Gasteiger partial charge < -0.3 is 25.0 Å². The average Bonchev–Trinajstić information content (AvgIpc) is 2.62. The molecule has 0 spiro atoms. The SMILES string of the molecule is C[N+](C)(C)C[C@@H](CC(=O)O)OP(=O)(O)OCCCCCCCCOc1ccccc1N. The van der Waals surface area contributed by atoms with Crippen LogP contribution in [0.25, 0.3) is 0 Å². The number of carboxylic acid groups (broad SMARTS) is 1. The second kappa shape index (κ2) is 13.7. The first-order valence-corrected chi connectivity index (χ1v) is 12.1. The molecule has 9 nitrogen and oxygen atoms in total. The molecule has 0 aromatic heterocycles. The van der Waals surface area contributed by atoms with Crippen LogP contribution in [0.4, 0.5) is 5.69 Å². The number of unbranched alkanes of at least 4 members (excludes halogenated alkanes) is 5. The van der Waals surface area contributed by atoms with Gasteiger partial charge in [0.25, 0.3) is 0 Å². The van der Waals surface area contributed by atoms with E-state index in [4.69, 9.17) is 24.6 Å². The first kappa shape index (κ1) is 27.4. The standard InChI is InChI=1S/C21H37N2O7P/c1-23(2,3)17-18(16-21(24)25)30-31(26,27)29-15-11-7-5-4-6-10-14-28-20-13-9-8-12-19(20)22/h8-9,12-13,18H,4-7,10-11,14-17,22H2,1-3H3,(H-,24,25,26,27)/p+1/t18-/m1/s1. The fourth-order valence-electron chi connectivity index (χ4n) is 3.04. The summed E-state index contributed by atoms with van der Waals surface area (Å²) in [6.07, 6.45) is 4.21. The summed E-state index contributed by atoms with van der Waals surface area (Å²) in [4.78, 5) is 20.9. The van der Waals surface area contributed by atoms with Gasteiger partial charge in [-0.3, -0.25) is 13.8 Å². The Hall–Kier alpha value is -1.64. The third-order valence-corrected chi connectivity index (χ3v) is 5.48. The van der Waals surface area contributed by atoms with Gasteiger partial charge in [0.1, 0.15) is 18.4 Å². The molecule has 0 fully saturated rings. The van der Waals surface area contributed by atoms with E-state index in [9.17, 15) is 14.3 Å². The number of likely N-dealkylation sites (N-methyl/N-ethyl adjacent to an activating group) is 1. The highest BCUT2D eigenvalue weighted by molar-refractivity contribution is 7.47. The van der Waals surface area contributed by atoms with Crippen LogP contribution in [0.2, 0.25) is 0 Å². The number of phosphoric ester groups is 1. The molecule has 1 aromatic rings. The molecule has 0 aliphatic rings. The van der Waals surface area contributed by atoms with E-state index in [-0.39, 0.29) is 19.6 Å². The number of carbonyl (C=O) groups is 1. The third kappa shape index (κ3) is 14.1. The normalized spacial score (nSPS) is 14.7. The molecule has 31 heavy (non-hydrogen) atoms. The number of nitrogen functional groups attached to an aromatic ring is 1. The Bertz CT molecular complexity index is 709. The van der Waals surface area contributed by atoms with Crippen LogP contribution in [0.15, 0.2) is 24.3 Å². The molecular weight excluding hydrogens is 423 g/mol. The number of carboxylic acids is 1. The predicted molar refractivity (Wildman–Crippen MR) is 120 cm³/mol. The Labute approximate surface area is 185 Å². The van der Waals surface area contributed by atoms with E-state index >= 15 is 0 Å². The van der Waals surface area contributed by atoms with Crippen molar-refractivity contribution in [2.45, 2.75) is 51.0 Å². The number of hydrogen-bond donors (Lipinski definition) is 3. The lowest BCUT2D eigenvalue weighted by atomic mass is 10.1. The number of anilines is 1. The second-order valence-electron chi connectivity index (χ2n) is 8.61. The van der Waals surface area contributed by atoms with E-state index in [1.54, 1.807) is 0 Å². The van der Waals surface area contributed by atoms with Crippen molar-refractivity contribution in [3.8, 4) is 5.75 Å². The smallest absolute Gasteiger partial charge is 0.472 e. The highest BCUT2D eigenvalue weighted by Gasteiger charge is 2.31. The Morgan fingerprint density at radius 1 is 1.06 bits per heavy atom. The van der Waals surface area contributed by atoms with Crippen LogP contribution in [0.3, 0.4) is 0 Å². The lowest BCUT2D eigenvalue weighted by Crippen LogP contribution is -2.42. The average molecular weight is 462 g/mol. The van der Waals surface area contributed by atoms with Crippen molar-refractivity contribution in [2.75, 3.05) is 46.6 Å². The van der Waals surface area contributed by atoms with Crippen molar-refractivity contribution in [3.05, 3.63) is 24.3 Å². The topological polar surface area (TPSA) is 128 Å². The highest BCUT2D eigenvalue weighted by Crippen LogP contribution is 2.45. The molecule has 4 N–H and O–H groups in total. The largest absolute Gasteiger partial charge is 0.491 e. The minimum Gasteiger partial charge on any atom is -0.491 e. The summed E-state index contributed by atoms with van der Waals surface area (Å²) in [6.45, 7) is 0.988. The zero-order valence-electron chi connectivity index (χ0n) is 18.9. The van der Waals surface area contributed by atoms with Crippen molar-refractivity contribution >= 4 is 19.5 Å². The van der Waals surface area contributed by atoms with E-state index in [0.29, 0.717) is 28.9 Å². The summed E-state index contributed by atoms with van der Waals surface area (Å²) < 4.78 is 28.3. The number of nitrogens with zero attached hydrogens (tertiary/aromatic N) is 1. The van der Waals surface area contributed by atoms with Gasteiger partial charge in [0.15, 0.2) is 0 Å². The van der Waals surface area contributed by atoms with Crippen LogP contribution in [-0.4, -0.2) is 67.5 Å². The maximum absolute atomic E-state index is 12.1. The molecule has 1 rings (SSSR count). The Kier molecular flexibility index (Phi) is 12.1. The number of ether oxygens (including phenoxy) is 1. The third-order valence-electron chi connectivity index (χ3n) is 4.41. The molecule has 2 atom stereocenters. The molecule has 0 saturated heterocycles. The summed E-state index contributed by atoms with van der Waals surface area (Å²) in [5.74, 6) is -0.376. The number of rotatable bonds is 17. The second-order valence-corrected chi connectivity index (χ2v) is 10.0. The molecule has 0 amide bonds. The van der Waals surface area contributed by atoms with E-state index < -0.39 is 19.9 Å². The molecule has 10 heteroatoms. The van der Waals surface area contributed by atoms with Crippen LogP contribution >= 0.6 is 7.82 Å². The number of aliphatic carboxylic acids is 1. The Morgan fingerprint density at radius 2 is 1.65 bits per heavy atom. The summed E-state index contributed by atoms with van der Waals surface area (Å²) in [6, 6.07) is 7.42. The maximum Gasteiger partial charge on any atom is 0.472 e. The number of quaternary nitrogens is 1. The van der Waals surface area contributed by atoms with Crippen molar-refractivity contribution < 1.29 is 37.6 Å². The van der Waals surface area contributed by atoms with Crippen molar-refractivity contribution in [1.29, 1.82) is 0 Å². The first-order chi connectivity index (χ1) is 14.5. The van der Waals surface area contributed by atoms with E-state index in [2.05, 4.69) is 0 Å². The van der Waals surface area contributed by atoms with Gasteiger partial charge in [-0.1, -0.05) is 37.8 Å². The molecule has 0 aliphatic heterocycles. The summed E-state index contributed by atoms with van der Waals surface area (Å²) in [5.41, 5.74) is 6.46. The van der Waals surface area contributed by atoms with Gasteiger partial charge in [0.2, 0.25) is 0 Å². The molecule has 0 heterocycles. The Morgan fingerprint density at radius 3 is 2.23 bits per heavy atom. The van der Waals surface area contributed by atoms with Crippen molar-refractivity contribution in [3.63, 3.8) is 0 Å². The van der Waals surface area contributed by atoms with Gasteiger partial charge in [0.05, 0.1) is 46.5 Å². The van der Waals surface area contributed by atoms with E-state index in [1.807, 2.05) is 45.4 Å². The predicted octanol–water partition coefficient (Wildman–Crippen LogP) is 3.67. The van der Waals surface area contributed by atoms with Gasteiger partial charge in [-0.15, -0.1) is 0 Å². The van der Waals surface area contributed by atoms with Gasteiger partial charge in [-0.05, 0) is 25.0 Å². The zero-order valence-corrected chi connectivity index (χ0v) is 19.8. The van der Waals surface area contributed by atoms with Gasteiger partial charge in [0, 0.05) is 0 Å². The monoisotopic (exact) mass is 461 g/mol. The molecule has 0 radical (unpaired) electrons. The van der Waals surface area contributed by atoms with E-state index in [1.165, 1.54) is 0 Å². The van der Waals surface area contributed by atoms with Crippen LogP contribution in [-0.2, 0) is 18.4 Å². The van der Waals surface area contributed by atoms with Gasteiger partial charge >= 0.3 is 13.8 Å². The molecular formula is C21H38N2O7P+. The number of phosphoric acid groups is 1. The van der Waals surface area contributed by atoms with Crippen LogP contribution in [0.1, 0.15) is 44.9 Å². The molecule has 178 valence electrons. The number of hydrogen-bond acceptors (Lipinski definition) is 6. The van der Waals surface area contributed by atoms with Gasteiger partial charge in [-0.25, -0.2) is 4.57 Å². The first-order valence-electron chi connectivity index (χ1n) is 10.6. The summed E-state index contributed by atoms with van der Waals surface area (Å²) in [5, 5.41) is 8.99. The van der Waals surface area contributed by atoms with Crippen LogP contribution < -0.4 is 10.5 Å². The summed E-state index contributed by atoms with van der Waals surface area (Å²) in [7, 11) is 1.26. The molecule has 0 aliphatic carbocycles. The van der Waals surface area contributed by atoms with Gasteiger partial charge in [-0.2, -0.15) is 0 Å². The molecule has 1 unspecified atom stereocenters. The number of nitrogens with two attached hydrogens (primary N) is 1. The molecule has 0 saturated carbocycles. The quantitative estimate of drug-likeness (QED) is 0.139.